The van der Waals surface area contributed by atoms with Gasteiger partial charge in [0, 0.05) is 37.8 Å². The van der Waals surface area contributed by atoms with Crippen LogP contribution in [0, 0.1) is 5.41 Å². The molecule has 2 rings (SSSR count). The van der Waals surface area contributed by atoms with Gasteiger partial charge in [-0.25, -0.2) is 0 Å². The molecule has 4 nitrogen and oxygen atoms in total. The SMILES string of the molecule is CCOC(CNC1CC(OCC)C12CCCC2)OCC. The van der Waals surface area contributed by atoms with Gasteiger partial charge in [0.2, 0.25) is 0 Å². The van der Waals surface area contributed by atoms with Gasteiger partial charge < -0.3 is 19.5 Å². The lowest BCUT2D eigenvalue weighted by atomic mass is 9.60. The fraction of sp³-hybridized carbons (Fsp3) is 1.00. The molecule has 2 aliphatic carbocycles. The molecule has 2 atom stereocenters. The van der Waals surface area contributed by atoms with Crippen molar-refractivity contribution in [2.24, 2.45) is 5.41 Å². The van der Waals surface area contributed by atoms with Gasteiger partial charge in [0.15, 0.2) is 6.29 Å². The number of ether oxygens (including phenoxy) is 3. The molecule has 118 valence electrons. The molecule has 0 heterocycles. The Morgan fingerprint density at radius 2 is 1.70 bits per heavy atom. The van der Waals surface area contributed by atoms with Crippen LogP contribution in [0.15, 0.2) is 0 Å². The highest BCUT2D eigenvalue weighted by Crippen LogP contribution is 2.54. The van der Waals surface area contributed by atoms with Crippen LogP contribution in [0.5, 0.6) is 0 Å². The molecule has 1 spiro atoms. The van der Waals surface area contributed by atoms with Gasteiger partial charge in [0.25, 0.3) is 0 Å². The Morgan fingerprint density at radius 1 is 1.05 bits per heavy atom. The molecule has 0 aromatic heterocycles. The van der Waals surface area contributed by atoms with Crippen molar-refractivity contribution in [3.63, 3.8) is 0 Å². The first kappa shape index (κ1) is 16.2. The molecule has 0 aromatic rings. The van der Waals surface area contributed by atoms with E-state index in [1.165, 1.54) is 25.7 Å². The second-order valence-electron chi connectivity index (χ2n) is 5.92. The third-order valence-electron chi connectivity index (χ3n) is 4.92. The van der Waals surface area contributed by atoms with E-state index < -0.39 is 0 Å². The van der Waals surface area contributed by atoms with Crippen LogP contribution in [-0.4, -0.2) is 44.8 Å². The molecular weight excluding hydrogens is 254 g/mol. The van der Waals surface area contributed by atoms with Crippen molar-refractivity contribution in [2.75, 3.05) is 26.4 Å². The standard InChI is InChI=1S/C16H31NO3/c1-4-18-14-11-13(16(14)9-7-8-10-16)17-12-15(19-5-2)20-6-3/h13-15,17H,4-12H2,1-3H3. The summed E-state index contributed by atoms with van der Waals surface area (Å²) in [5.74, 6) is 0. The Labute approximate surface area is 123 Å². The molecule has 2 unspecified atom stereocenters. The third kappa shape index (κ3) is 3.35. The monoisotopic (exact) mass is 285 g/mol. The van der Waals surface area contributed by atoms with E-state index >= 15 is 0 Å². The van der Waals surface area contributed by atoms with Gasteiger partial charge in [0.05, 0.1) is 6.10 Å². The summed E-state index contributed by atoms with van der Waals surface area (Å²) in [6, 6.07) is 0.574. The maximum atomic E-state index is 5.95. The van der Waals surface area contributed by atoms with Gasteiger partial charge in [-0.05, 0) is 40.0 Å². The molecule has 2 saturated carbocycles. The Morgan fingerprint density at radius 3 is 2.25 bits per heavy atom. The van der Waals surface area contributed by atoms with Gasteiger partial charge >= 0.3 is 0 Å². The third-order valence-corrected chi connectivity index (χ3v) is 4.92. The maximum Gasteiger partial charge on any atom is 0.169 e. The van der Waals surface area contributed by atoms with Gasteiger partial charge in [0.1, 0.15) is 0 Å². The van der Waals surface area contributed by atoms with Crippen molar-refractivity contribution < 1.29 is 14.2 Å². The van der Waals surface area contributed by atoms with E-state index in [2.05, 4.69) is 12.2 Å². The Balaban J connectivity index is 1.83. The summed E-state index contributed by atoms with van der Waals surface area (Å²) in [6.45, 7) is 9.14. The minimum absolute atomic E-state index is 0.116. The lowest BCUT2D eigenvalue weighted by molar-refractivity contribution is -0.155. The lowest BCUT2D eigenvalue weighted by Crippen LogP contribution is -2.63. The zero-order valence-corrected chi connectivity index (χ0v) is 13.3. The van der Waals surface area contributed by atoms with Crippen molar-refractivity contribution in [1.29, 1.82) is 0 Å². The minimum Gasteiger partial charge on any atom is -0.378 e. The summed E-state index contributed by atoms with van der Waals surface area (Å²) in [5.41, 5.74) is 0.388. The van der Waals surface area contributed by atoms with Gasteiger partial charge in [-0.1, -0.05) is 12.8 Å². The first-order valence-corrected chi connectivity index (χ1v) is 8.35. The highest BCUT2D eigenvalue weighted by molar-refractivity contribution is 5.09. The average Bonchev–Trinajstić information content (AvgIpc) is 2.94. The second-order valence-corrected chi connectivity index (χ2v) is 5.92. The number of hydrogen-bond acceptors (Lipinski definition) is 4. The van der Waals surface area contributed by atoms with E-state index in [1.54, 1.807) is 0 Å². The molecule has 0 amide bonds. The molecule has 0 radical (unpaired) electrons. The summed E-state index contributed by atoms with van der Waals surface area (Å²) in [6.07, 6.45) is 6.80. The topological polar surface area (TPSA) is 39.7 Å². The summed E-state index contributed by atoms with van der Waals surface area (Å²) in [5, 5.41) is 3.68. The molecule has 1 N–H and O–H groups in total. The van der Waals surface area contributed by atoms with Crippen molar-refractivity contribution in [1.82, 2.24) is 5.32 Å². The van der Waals surface area contributed by atoms with Crippen LogP contribution in [-0.2, 0) is 14.2 Å². The Kier molecular flexibility index (Phi) is 6.27. The first-order valence-electron chi connectivity index (χ1n) is 8.35. The van der Waals surface area contributed by atoms with Crippen LogP contribution in [0.4, 0.5) is 0 Å². The fourth-order valence-electron chi connectivity index (χ4n) is 3.95. The molecule has 0 aromatic carbocycles. The first-order chi connectivity index (χ1) is 9.76. The zero-order valence-electron chi connectivity index (χ0n) is 13.3. The summed E-state index contributed by atoms with van der Waals surface area (Å²) in [4.78, 5) is 0. The van der Waals surface area contributed by atoms with Crippen LogP contribution in [0.25, 0.3) is 0 Å². The Bertz CT molecular complexity index is 273. The normalized spacial score (nSPS) is 28.2. The van der Waals surface area contributed by atoms with Crippen LogP contribution < -0.4 is 5.32 Å². The van der Waals surface area contributed by atoms with Crippen molar-refractivity contribution in [2.45, 2.75) is 71.3 Å². The van der Waals surface area contributed by atoms with Crippen molar-refractivity contribution >= 4 is 0 Å². The van der Waals surface area contributed by atoms with Gasteiger partial charge in [-0.3, -0.25) is 0 Å². The predicted molar refractivity (Wildman–Crippen MR) is 79.8 cm³/mol. The van der Waals surface area contributed by atoms with E-state index in [-0.39, 0.29) is 6.29 Å². The molecule has 0 bridgehead atoms. The number of nitrogens with one attached hydrogen (secondary N) is 1. The zero-order chi connectivity index (χ0) is 14.4. The molecule has 4 heteroatoms. The van der Waals surface area contributed by atoms with Crippen LogP contribution in [0.1, 0.15) is 52.9 Å². The second kappa shape index (κ2) is 7.74. The minimum atomic E-state index is -0.116. The quantitative estimate of drug-likeness (QED) is 0.661. The smallest absolute Gasteiger partial charge is 0.169 e. The van der Waals surface area contributed by atoms with E-state index in [9.17, 15) is 0 Å². The lowest BCUT2D eigenvalue weighted by Gasteiger charge is -2.54. The number of rotatable bonds is 9. The number of hydrogen-bond donors (Lipinski definition) is 1. The maximum absolute atomic E-state index is 5.95. The molecule has 2 aliphatic rings. The highest BCUT2D eigenvalue weighted by atomic mass is 16.7. The van der Waals surface area contributed by atoms with Crippen molar-refractivity contribution in [3.8, 4) is 0 Å². The summed E-state index contributed by atoms with van der Waals surface area (Å²) in [7, 11) is 0. The molecule has 0 saturated heterocycles. The summed E-state index contributed by atoms with van der Waals surface area (Å²) < 4.78 is 17.2. The van der Waals surface area contributed by atoms with Crippen LogP contribution >= 0.6 is 0 Å². The fourth-order valence-corrected chi connectivity index (χ4v) is 3.95. The molecule has 2 fully saturated rings. The van der Waals surface area contributed by atoms with E-state index in [0.29, 0.717) is 30.8 Å². The van der Waals surface area contributed by atoms with Gasteiger partial charge in [-0.2, -0.15) is 0 Å². The predicted octanol–water partition coefficient (Wildman–Crippen LogP) is 2.71. The van der Waals surface area contributed by atoms with E-state index in [0.717, 1.165) is 19.6 Å². The van der Waals surface area contributed by atoms with Gasteiger partial charge in [-0.15, -0.1) is 0 Å². The largest absolute Gasteiger partial charge is 0.378 e. The molecule has 20 heavy (non-hydrogen) atoms. The summed E-state index contributed by atoms with van der Waals surface area (Å²) >= 11 is 0. The Hall–Kier alpha value is -0.160. The molecule has 0 aliphatic heterocycles. The van der Waals surface area contributed by atoms with Crippen molar-refractivity contribution in [3.05, 3.63) is 0 Å². The van der Waals surface area contributed by atoms with Crippen LogP contribution in [0.3, 0.4) is 0 Å². The highest BCUT2D eigenvalue weighted by Gasteiger charge is 2.56. The van der Waals surface area contributed by atoms with Crippen LogP contribution in [0.2, 0.25) is 0 Å². The molecular formula is C16H31NO3. The van der Waals surface area contributed by atoms with E-state index in [1.807, 2.05) is 13.8 Å². The van der Waals surface area contributed by atoms with E-state index in [4.69, 9.17) is 14.2 Å². The average molecular weight is 285 g/mol.